The highest BCUT2D eigenvalue weighted by molar-refractivity contribution is 5.92. The first kappa shape index (κ1) is 17.2. The van der Waals surface area contributed by atoms with Gasteiger partial charge in [0.2, 0.25) is 5.91 Å². The van der Waals surface area contributed by atoms with Crippen molar-refractivity contribution in [3.63, 3.8) is 0 Å². The van der Waals surface area contributed by atoms with Gasteiger partial charge in [-0.25, -0.2) is 0 Å². The van der Waals surface area contributed by atoms with Crippen molar-refractivity contribution in [2.75, 3.05) is 7.05 Å². The Morgan fingerprint density at radius 1 is 0.944 bits per heavy atom. The topological polar surface area (TPSA) is 29.1 Å². The van der Waals surface area contributed by atoms with E-state index in [0.29, 0.717) is 0 Å². The summed E-state index contributed by atoms with van der Waals surface area (Å²) >= 11 is 0. The van der Waals surface area contributed by atoms with Crippen LogP contribution in [0.2, 0.25) is 0 Å². The van der Waals surface area contributed by atoms with Crippen LogP contribution in [-0.4, -0.2) is 13.0 Å². The van der Waals surface area contributed by atoms with Crippen molar-refractivity contribution in [2.45, 2.75) is 78.1 Å². The lowest BCUT2D eigenvalue weighted by molar-refractivity contribution is -0.117. The number of rotatable bonds is 11. The largest absolute Gasteiger partial charge is 0.355 e. The monoisotopic (exact) mass is 253 g/mol. The molecule has 0 aromatic rings. The van der Waals surface area contributed by atoms with Gasteiger partial charge in [0, 0.05) is 12.6 Å². The third-order valence-corrected chi connectivity index (χ3v) is 3.34. The summed E-state index contributed by atoms with van der Waals surface area (Å²) in [4.78, 5) is 11.2. The lowest BCUT2D eigenvalue weighted by atomic mass is 10.1. The molecule has 106 valence electrons. The number of amides is 1. The van der Waals surface area contributed by atoms with Crippen molar-refractivity contribution < 1.29 is 4.79 Å². The highest BCUT2D eigenvalue weighted by Crippen LogP contribution is 2.11. The lowest BCUT2D eigenvalue weighted by Gasteiger charge is -2.01. The van der Waals surface area contributed by atoms with Gasteiger partial charge < -0.3 is 5.32 Å². The molecular formula is C16H31NO. The van der Waals surface area contributed by atoms with Crippen molar-refractivity contribution in [3.8, 4) is 0 Å². The maximum atomic E-state index is 11.2. The van der Waals surface area contributed by atoms with Crippen molar-refractivity contribution in [3.05, 3.63) is 11.6 Å². The van der Waals surface area contributed by atoms with E-state index in [9.17, 15) is 4.79 Å². The fourth-order valence-corrected chi connectivity index (χ4v) is 2.06. The second kappa shape index (κ2) is 12.7. The highest BCUT2D eigenvalue weighted by atomic mass is 16.1. The number of carbonyl (C=O) groups is 1. The Morgan fingerprint density at radius 3 is 1.94 bits per heavy atom. The molecule has 0 atom stereocenters. The van der Waals surface area contributed by atoms with E-state index in [1.807, 2.05) is 6.92 Å². The number of carbonyl (C=O) groups excluding carboxylic acids is 1. The Morgan fingerprint density at radius 2 is 1.44 bits per heavy atom. The summed E-state index contributed by atoms with van der Waals surface area (Å²) in [6.07, 6.45) is 15.3. The number of allylic oxidation sites excluding steroid dienone is 1. The number of nitrogens with one attached hydrogen (secondary N) is 1. The molecule has 18 heavy (non-hydrogen) atoms. The molecule has 0 radical (unpaired) electrons. The molecule has 0 saturated heterocycles. The molecule has 0 fully saturated rings. The molecule has 0 saturated carbocycles. The average molecular weight is 253 g/mol. The molecule has 2 heteroatoms. The van der Waals surface area contributed by atoms with Gasteiger partial charge >= 0.3 is 0 Å². The van der Waals surface area contributed by atoms with E-state index in [1.54, 1.807) is 7.05 Å². The molecule has 1 amide bonds. The molecule has 0 aliphatic rings. The van der Waals surface area contributed by atoms with Crippen LogP contribution in [0, 0.1) is 0 Å². The molecule has 0 aliphatic heterocycles. The minimum atomic E-state index is 0.0472. The summed E-state index contributed by atoms with van der Waals surface area (Å²) in [7, 11) is 1.68. The smallest absolute Gasteiger partial charge is 0.246 e. The Balaban J connectivity index is 3.28. The first-order valence-corrected chi connectivity index (χ1v) is 7.61. The lowest BCUT2D eigenvalue weighted by Crippen LogP contribution is -2.18. The standard InChI is InChI=1S/C16H31NO/c1-4-5-6-7-8-9-10-11-12-13-14-15(2)16(18)17-3/h14H,4-13H2,1-3H3,(H,17,18). The van der Waals surface area contributed by atoms with Gasteiger partial charge in [-0.3, -0.25) is 4.79 Å². The van der Waals surface area contributed by atoms with Gasteiger partial charge in [-0.1, -0.05) is 64.4 Å². The zero-order valence-corrected chi connectivity index (χ0v) is 12.6. The molecule has 0 aromatic carbocycles. The molecule has 0 rings (SSSR count). The van der Waals surface area contributed by atoms with Crippen LogP contribution in [0.15, 0.2) is 11.6 Å². The summed E-state index contributed by atoms with van der Waals surface area (Å²) in [5.41, 5.74) is 0.845. The maximum Gasteiger partial charge on any atom is 0.246 e. The third-order valence-electron chi connectivity index (χ3n) is 3.34. The van der Waals surface area contributed by atoms with Gasteiger partial charge in [0.05, 0.1) is 0 Å². The predicted octanol–water partition coefficient (Wildman–Crippen LogP) is 4.60. The Bertz CT molecular complexity index is 233. The van der Waals surface area contributed by atoms with Crippen molar-refractivity contribution in [1.29, 1.82) is 0 Å². The maximum absolute atomic E-state index is 11.2. The second-order valence-corrected chi connectivity index (χ2v) is 5.08. The first-order chi connectivity index (χ1) is 8.72. The van der Waals surface area contributed by atoms with Crippen molar-refractivity contribution in [2.24, 2.45) is 0 Å². The van der Waals surface area contributed by atoms with Gasteiger partial charge in [-0.15, -0.1) is 0 Å². The number of likely N-dealkylation sites (N-methyl/N-ethyl adjacent to an activating group) is 1. The van der Waals surface area contributed by atoms with Crippen LogP contribution < -0.4 is 5.32 Å². The van der Waals surface area contributed by atoms with Crippen molar-refractivity contribution >= 4 is 5.91 Å². The van der Waals surface area contributed by atoms with Gasteiger partial charge in [-0.05, 0) is 19.8 Å². The second-order valence-electron chi connectivity index (χ2n) is 5.08. The summed E-state index contributed by atoms with van der Waals surface area (Å²) in [5.74, 6) is 0.0472. The average Bonchev–Trinajstić information content (AvgIpc) is 2.39. The van der Waals surface area contributed by atoms with Crippen LogP contribution in [0.3, 0.4) is 0 Å². The summed E-state index contributed by atoms with van der Waals surface area (Å²) in [5, 5.41) is 2.64. The number of hydrogen-bond donors (Lipinski definition) is 1. The van der Waals surface area contributed by atoms with E-state index in [-0.39, 0.29) is 5.91 Å². The number of hydrogen-bond acceptors (Lipinski definition) is 1. The van der Waals surface area contributed by atoms with Crippen LogP contribution in [0.1, 0.15) is 78.1 Å². The van der Waals surface area contributed by atoms with Gasteiger partial charge in [-0.2, -0.15) is 0 Å². The van der Waals surface area contributed by atoms with Gasteiger partial charge in [0.1, 0.15) is 0 Å². The molecule has 0 aromatic heterocycles. The Hall–Kier alpha value is -0.790. The molecule has 1 N–H and O–H groups in total. The molecule has 0 unspecified atom stereocenters. The zero-order valence-electron chi connectivity index (χ0n) is 12.6. The zero-order chi connectivity index (χ0) is 13.6. The van der Waals surface area contributed by atoms with Crippen molar-refractivity contribution in [1.82, 2.24) is 5.32 Å². The molecule has 0 aliphatic carbocycles. The summed E-state index contributed by atoms with van der Waals surface area (Å²) in [6, 6.07) is 0. The minimum Gasteiger partial charge on any atom is -0.355 e. The van der Waals surface area contributed by atoms with Crippen LogP contribution in [0.25, 0.3) is 0 Å². The Labute approximate surface area is 113 Å². The molecule has 2 nitrogen and oxygen atoms in total. The normalized spacial score (nSPS) is 11.6. The molecule has 0 bridgehead atoms. The van der Waals surface area contributed by atoms with E-state index in [1.165, 1.54) is 57.8 Å². The van der Waals surface area contributed by atoms with E-state index >= 15 is 0 Å². The molecular weight excluding hydrogens is 222 g/mol. The predicted molar refractivity (Wildman–Crippen MR) is 79.7 cm³/mol. The SMILES string of the molecule is CCCCCCCCCCCC=C(C)C(=O)NC. The number of unbranched alkanes of at least 4 members (excludes halogenated alkanes) is 9. The highest BCUT2D eigenvalue weighted by Gasteiger charge is 1.98. The van der Waals surface area contributed by atoms with Gasteiger partial charge in [0.25, 0.3) is 0 Å². The van der Waals surface area contributed by atoms with E-state index in [0.717, 1.165) is 12.0 Å². The molecule has 0 heterocycles. The first-order valence-electron chi connectivity index (χ1n) is 7.61. The Kier molecular flexibility index (Phi) is 12.1. The van der Waals surface area contributed by atoms with E-state index in [2.05, 4.69) is 18.3 Å². The fraction of sp³-hybridized carbons (Fsp3) is 0.812. The van der Waals surface area contributed by atoms with Crippen LogP contribution in [0.5, 0.6) is 0 Å². The quantitative estimate of drug-likeness (QED) is 0.423. The summed E-state index contributed by atoms with van der Waals surface area (Å²) in [6.45, 7) is 4.14. The fourth-order valence-electron chi connectivity index (χ4n) is 2.06. The third kappa shape index (κ3) is 10.4. The van der Waals surface area contributed by atoms with E-state index < -0.39 is 0 Å². The van der Waals surface area contributed by atoms with Gasteiger partial charge in [0.15, 0.2) is 0 Å². The summed E-state index contributed by atoms with van der Waals surface area (Å²) < 4.78 is 0. The van der Waals surface area contributed by atoms with Crippen LogP contribution >= 0.6 is 0 Å². The van der Waals surface area contributed by atoms with Crippen LogP contribution in [0.4, 0.5) is 0 Å². The van der Waals surface area contributed by atoms with E-state index in [4.69, 9.17) is 0 Å². The van der Waals surface area contributed by atoms with Crippen LogP contribution in [-0.2, 0) is 4.79 Å². The minimum absolute atomic E-state index is 0.0472. The molecule has 0 spiro atoms.